The van der Waals surface area contributed by atoms with Crippen molar-refractivity contribution < 1.29 is 55.8 Å². The lowest BCUT2D eigenvalue weighted by atomic mass is 10.0. The molecule has 81 heavy (non-hydrogen) atoms. The van der Waals surface area contributed by atoms with E-state index in [4.69, 9.17) is 27.0 Å². The van der Waals surface area contributed by atoms with Gasteiger partial charge in [0.25, 0.3) is 23.6 Å². The number of benzene rings is 4. The standard InChI is InChI=1S/2C30H38N4O4.H2O4S/c2*1-22(2)20-25(32-29(36)27-26(38-27)28(35)31-21-24-12-7-4-8-13-24)30(37)34-18-16-33(17-19-34)15-9-14-23-10-5-3-6-11-23;1-5(2,3)4/h2*3-14,22,25-27H,15-21H2,1-2H3,(H,31,35)(H,32,36);(H2,1,2,3,4)/t2*25-,26+,27+;/m00./s1. The van der Waals surface area contributed by atoms with Crippen LogP contribution in [0.5, 0.6) is 0 Å². The number of hydrogen-bond donors (Lipinski definition) is 6. The highest BCUT2D eigenvalue weighted by Gasteiger charge is 2.52. The Bertz CT molecular complexity index is 2630. The molecule has 0 unspecified atom stereocenters. The van der Waals surface area contributed by atoms with E-state index >= 15 is 0 Å². The first-order valence-corrected chi connectivity index (χ1v) is 28.9. The highest BCUT2D eigenvalue weighted by atomic mass is 32.3. The number of carbonyl (C=O) groups excluding carboxylic acids is 6. The van der Waals surface area contributed by atoms with Crippen molar-refractivity contribution in [1.29, 1.82) is 0 Å². The average Bonchev–Trinajstić information content (AvgIpc) is 4.41. The molecule has 0 aromatic heterocycles. The Hall–Kier alpha value is -7.11. The van der Waals surface area contributed by atoms with Gasteiger partial charge in [-0.2, -0.15) is 8.42 Å². The molecule has 4 fully saturated rings. The van der Waals surface area contributed by atoms with Gasteiger partial charge in [0.2, 0.25) is 11.8 Å². The van der Waals surface area contributed by atoms with Gasteiger partial charge in [0.15, 0.2) is 24.4 Å². The smallest absolute Gasteiger partial charge is 0.350 e. The van der Waals surface area contributed by atoms with Gasteiger partial charge in [-0.15, -0.1) is 0 Å². The highest BCUT2D eigenvalue weighted by molar-refractivity contribution is 7.79. The van der Waals surface area contributed by atoms with Crippen molar-refractivity contribution in [3.8, 4) is 0 Å². The summed E-state index contributed by atoms with van der Waals surface area (Å²) in [6.45, 7) is 16.1. The maximum Gasteiger partial charge on any atom is 0.394 e. The maximum atomic E-state index is 13.4. The van der Waals surface area contributed by atoms with E-state index in [1.54, 1.807) is 0 Å². The first-order chi connectivity index (χ1) is 38.8. The molecule has 0 spiro atoms. The number of amides is 6. The van der Waals surface area contributed by atoms with E-state index in [1.807, 2.05) is 135 Å². The molecule has 4 saturated heterocycles. The lowest BCUT2D eigenvalue weighted by molar-refractivity contribution is -0.138. The van der Waals surface area contributed by atoms with Crippen LogP contribution in [0.4, 0.5) is 0 Å². The van der Waals surface area contributed by atoms with Gasteiger partial charge >= 0.3 is 10.4 Å². The summed E-state index contributed by atoms with van der Waals surface area (Å²) in [6, 6.07) is 38.2. The highest BCUT2D eigenvalue weighted by Crippen LogP contribution is 2.25. The van der Waals surface area contributed by atoms with E-state index in [9.17, 15) is 28.8 Å². The zero-order chi connectivity index (χ0) is 58.3. The maximum absolute atomic E-state index is 13.4. The summed E-state index contributed by atoms with van der Waals surface area (Å²) in [6.07, 6.45) is 6.23. The molecule has 4 heterocycles. The molecule has 6 N–H and O–H groups in total. The Labute approximate surface area is 475 Å². The summed E-state index contributed by atoms with van der Waals surface area (Å²) in [5, 5.41) is 11.3. The van der Waals surface area contributed by atoms with Crippen molar-refractivity contribution in [1.82, 2.24) is 40.9 Å². The minimum absolute atomic E-state index is 0.0720. The second-order valence-electron chi connectivity index (χ2n) is 21.1. The molecule has 20 nitrogen and oxygen atoms in total. The second kappa shape index (κ2) is 31.8. The van der Waals surface area contributed by atoms with Gasteiger partial charge < -0.3 is 40.5 Å². The third-order valence-corrected chi connectivity index (χ3v) is 13.6. The number of epoxide rings is 2. The molecule has 21 heteroatoms. The van der Waals surface area contributed by atoms with E-state index in [-0.39, 0.29) is 35.5 Å². The minimum Gasteiger partial charge on any atom is -0.350 e. The summed E-state index contributed by atoms with van der Waals surface area (Å²) in [5.74, 6) is -1.16. The molecule has 6 amide bonds. The van der Waals surface area contributed by atoms with Gasteiger partial charge in [-0.05, 0) is 46.9 Å². The molecule has 4 aliphatic rings. The van der Waals surface area contributed by atoms with Crippen LogP contribution in [0.3, 0.4) is 0 Å². The molecule has 4 aromatic carbocycles. The van der Waals surface area contributed by atoms with Crippen LogP contribution in [-0.4, -0.2) is 175 Å². The number of ether oxygens (including phenoxy) is 2. The first-order valence-electron chi connectivity index (χ1n) is 27.5. The molecule has 6 atom stereocenters. The predicted octanol–water partition coefficient (Wildman–Crippen LogP) is 4.26. The lowest BCUT2D eigenvalue weighted by Crippen LogP contribution is -2.55. The topological polar surface area (TPSA) is 263 Å². The second-order valence-corrected chi connectivity index (χ2v) is 22.0. The molecular weight excluding hydrogens is 1060 g/mol. The fourth-order valence-electron chi connectivity index (χ4n) is 9.23. The van der Waals surface area contributed by atoms with Crippen molar-refractivity contribution in [3.63, 3.8) is 0 Å². The van der Waals surface area contributed by atoms with Gasteiger partial charge in [0, 0.05) is 78.5 Å². The zero-order valence-corrected chi connectivity index (χ0v) is 47.4. The van der Waals surface area contributed by atoms with Crippen LogP contribution in [0.1, 0.15) is 62.8 Å². The summed E-state index contributed by atoms with van der Waals surface area (Å²) in [4.78, 5) is 85.6. The zero-order valence-electron chi connectivity index (χ0n) is 46.5. The Kier molecular flexibility index (Phi) is 24.7. The van der Waals surface area contributed by atoms with E-state index in [2.05, 4.69) is 79.6 Å². The molecular formula is C60H78N8O12S. The van der Waals surface area contributed by atoms with Crippen LogP contribution < -0.4 is 21.3 Å². The molecule has 0 radical (unpaired) electrons. The Balaban J connectivity index is 0.000000241. The van der Waals surface area contributed by atoms with Crippen LogP contribution in [0.2, 0.25) is 0 Å². The number of carbonyl (C=O) groups is 6. The quantitative estimate of drug-likeness (QED) is 0.0475. The number of nitrogens with zero attached hydrogens (tertiary/aromatic N) is 4. The van der Waals surface area contributed by atoms with Crippen LogP contribution in [0.15, 0.2) is 133 Å². The third-order valence-electron chi connectivity index (χ3n) is 13.6. The van der Waals surface area contributed by atoms with Crippen LogP contribution in [0, 0.1) is 11.8 Å². The van der Waals surface area contributed by atoms with Crippen LogP contribution >= 0.6 is 0 Å². The largest absolute Gasteiger partial charge is 0.394 e. The van der Waals surface area contributed by atoms with Gasteiger partial charge in [0.05, 0.1) is 0 Å². The van der Waals surface area contributed by atoms with Gasteiger partial charge in [-0.1, -0.05) is 173 Å². The predicted molar refractivity (Wildman–Crippen MR) is 308 cm³/mol. The van der Waals surface area contributed by atoms with E-state index in [1.165, 1.54) is 11.1 Å². The first kappa shape index (κ1) is 63.1. The van der Waals surface area contributed by atoms with Crippen molar-refractivity contribution >= 4 is 58.0 Å². The Morgan fingerprint density at radius 3 is 1.10 bits per heavy atom. The number of nitrogens with one attached hydrogen (secondary N) is 4. The van der Waals surface area contributed by atoms with Crippen molar-refractivity contribution in [2.45, 2.75) is 90.1 Å². The number of rotatable bonds is 22. The fourth-order valence-corrected chi connectivity index (χ4v) is 9.23. The van der Waals surface area contributed by atoms with Crippen molar-refractivity contribution in [3.05, 3.63) is 156 Å². The van der Waals surface area contributed by atoms with E-state index in [0.717, 1.165) is 50.4 Å². The fraction of sp³-hybridized carbons (Fsp3) is 0.433. The summed E-state index contributed by atoms with van der Waals surface area (Å²) >= 11 is 0. The van der Waals surface area contributed by atoms with Gasteiger partial charge in [-0.25, -0.2) is 0 Å². The number of piperazine rings is 2. The summed E-state index contributed by atoms with van der Waals surface area (Å²) < 4.78 is 42.3. The molecule has 4 aliphatic heterocycles. The molecule has 4 aromatic rings. The lowest BCUT2D eigenvalue weighted by Gasteiger charge is -2.36. The molecule has 0 aliphatic carbocycles. The average molecular weight is 1140 g/mol. The van der Waals surface area contributed by atoms with Gasteiger partial charge in [-0.3, -0.25) is 47.7 Å². The minimum atomic E-state index is -4.67. The van der Waals surface area contributed by atoms with E-state index in [0.29, 0.717) is 52.1 Å². The number of hydrogen-bond acceptors (Lipinski definition) is 12. The normalized spacial score (nSPS) is 19.8. The SMILES string of the molecule is CC(C)C[C@H](NC(=O)[C@@H]1O[C@H]1C(=O)NCc1ccccc1)C(=O)N1CCN(CC=Cc2ccccc2)CC1.CC(C)C[C@H](NC(=O)[C@@H]1O[C@H]1C(=O)NCc1ccccc1)C(=O)N1CCN(CC=Cc2ccccc2)CC1.O=S(=O)(O)O. The molecule has 436 valence electrons. The Morgan fingerprint density at radius 1 is 0.494 bits per heavy atom. The summed E-state index contributed by atoms with van der Waals surface area (Å²) in [7, 11) is -4.67. The molecule has 0 saturated carbocycles. The third kappa shape index (κ3) is 22.8. The van der Waals surface area contributed by atoms with Crippen molar-refractivity contribution in [2.75, 3.05) is 65.4 Å². The summed E-state index contributed by atoms with van der Waals surface area (Å²) in [5.41, 5.74) is 4.28. The van der Waals surface area contributed by atoms with Gasteiger partial charge in [0.1, 0.15) is 12.1 Å². The van der Waals surface area contributed by atoms with E-state index < -0.39 is 58.7 Å². The van der Waals surface area contributed by atoms with Crippen LogP contribution in [-0.2, 0) is 61.7 Å². The van der Waals surface area contributed by atoms with Crippen LogP contribution in [0.25, 0.3) is 12.2 Å². The molecule has 8 rings (SSSR count). The monoisotopic (exact) mass is 1130 g/mol. The van der Waals surface area contributed by atoms with Crippen molar-refractivity contribution in [2.24, 2.45) is 11.8 Å². The molecule has 0 bridgehead atoms. The Morgan fingerprint density at radius 2 is 0.790 bits per heavy atom.